The number of ether oxygens (including phenoxy) is 3. The third-order valence-electron chi connectivity index (χ3n) is 11.7. The molecule has 1 aromatic rings. The highest BCUT2D eigenvalue weighted by molar-refractivity contribution is 5.91. The molecule has 1 aliphatic carbocycles. The molecule has 6 aliphatic rings. The second-order valence-electron chi connectivity index (χ2n) is 15.6. The molecule has 5 heterocycles. The van der Waals surface area contributed by atoms with Crippen LogP contribution in [-0.2, 0) is 39.8 Å². The second-order valence-corrected chi connectivity index (χ2v) is 15.6. The monoisotopic (exact) mass is 725 g/mol. The van der Waals surface area contributed by atoms with E-state index in [0.29, 0.717) is 64.4 Å². The van der Waals surface area contributed by atoms with Crippen LogP contribution in [0.15, 0.2) is 30.3 Å². The van der Waals surface area contributed by atoms with Gasteiger partial charge in [-0.2, -0.15) is 0 Å². The Morgan fingerprint density at radius 2 is 1.69 bits per heavy atom. The number of rotatable bonds is 10. The number of morpholine rings is 1. The number of carbonyl (C=O) groups is 4. The van der Waals surface area contributed by atoms with Gasteiger partial charge in [0.1, 0.15) is 18.8 Å². The molecule has 288 valence electrons. The minimum Gasteiger partial charge on any atom is -0.463 e. The Balaban J connectivity index is 1.19. The molecule has 6 fully saturated rings. The number of aliphatic hydroxyl groups excluding tert-OH is 1. The molecule has 0 aromatic heterocycles. The fourth-order valence-electron chi connectivity index (χ4n) is 8.66. The Morgan fingerprint density at radius 1 is 0.942 bits per heavy atom. The Kier molecular flexibility index (Phi) is 14.3. The van der Waals surface area contributed by atoms with Crippen LogP contribution in [0.4, 0.5) is 0 Å². The maximum atomic E-state index is 14.2. The highest BCUT2D eigenvalue weighted by Crippen LogP contribution is 2.29. The van der Waals surface area contributed by atoms with Gasteiger partial charge in [0, 0.05) is 38.6 Å². The molecule has 2 amide bonds. The van der Waals surface area contributed by atoms with Crippen LogP contribution >= 0.6 is 0 Å². The fourth-order valence-corrected chi connectivity index (χ4v) is 8.66. The zero-order valence-corrected chi connectivity index (χ0v) is 30.6. The van der Waals surface area contributed by atoms with E-state index >= 15 is 0 Å². The summed E-state index contributed by atoms with van der Waals surface area (Å²) in [6, 6.07) is 7.13. The molecule has 1 saturated carbocycles. The lowest BCUT2D eigenvalue weighted by molar-refractivity contribution is -0.163. The fraction of sp³-hybridized carbons (Fsp3) is 0.744. The van der Waals surface area contributed by atoms with Crippen molar-refractivity contribution in [1.29, 1.82) is 0 Å². The molecular formula is C39H59N5O8. The summed E-state index contributed by atoms with van der Waals surface area (Å²) in [5.41, 5.74) is 0.986. The van der Waals surface area contributed by atoms with Gasteiger partial charge < -0.3 is 40.2 Å². The molecule has 6 atom stereocenters. The van der Waals surface area contributed by atoms with Crippen LogP contribution in [0.5, 0.6) is 0 Å². The molecule has 2 bridgehead atoms. The lowest BCUT2D eigenvalue weighted by Crippen LogP contribution is -2.62. The SMILES string of the molecule is O=C1CCC[C@H](CN2CCOCC2)OC(=O)[C@H](O)[C@H](CC2CCCCC2)NC(=O)[C@@H](NC(=O)[C@H](Cc2ccccc2)NC2CN3CCC2CC3)CO1. The summed E-state index contributed by atoms with van der Waals surface area (Å²) in [6.07, 6.45) is 6.85. The highest BCUT2D eigenvalue weighted by Gasteiger charge is 2.39. The summed E-state index contributed by atoms with van der Waals surface area (Å²) in [6.45, 7) is 5.70. The first-order valence-corrected chi connectivity index (χ1v) is 19.8. The Hall–Kier alpha value is -3.10. The number of esters is 2. The number of piperidine rings is 3. The van der Waals surface area contributed by atoms with Gasteiger partial charge in [-0.15, -0.1) is 0 Å². The third kappa shape index (κ3) is 11.2. The molecule has 4 N–H and O–H groups in total. The number of fused-ring (bicyclic) bond motifs is 3. The van der Waals surface area contributed by atoms with Gasteiger partial charge in [-0.25, -0.2) is 4.79 Å². The van der Waals surface area contributed by atoms with Crippen molar-refractivity contribution < 1.29 is 38.5 Å². The van der Waals surface area contributed by atoms with E-state index in [4.69, 9.17) is 14.2 Å². The van der Waals surface area contributed by atoms with E-state index in [1.807, 2.05) is 30.3 Å². The number of amides is 2. The van der Waals surface area contributed by atoms with Gasteiger partial charge in [0.15, 0.2) is 6.10 Å². The minimum absolute atomic E-state index is 0.0596. The van der Waals surface area contributed by atoms with Crippen molar-refractivity contribution in [3.05, 3.63) is 35.9 Å². The first-order chi connectivity index (χ1) is 25.3. The number of cyclic esters (lactones) is 2. The van der Waals surface area contributed by atoms with Crippen molar-refractivity contribution in [3.63, 3.8) is 0 Å². The molecular weight excluding hydrogens is 666 g/mol. The molecule has 52 heavy (non-hydrogen) atoms. The smallest absolute Gasteiger partial charge is 0.337 e. The van der Waals surface area contributed by atoms with E-state index in [0.717, 1.165) is 70.1 Å². The lowest BCUT2D eigenvalue weighted by atomic mass is 9.83. The van der Waals surface area contributed by atoms with Gasteiger partial charge in [-0.3, -0.25) is 19.3 Å². The Bertz CT molecular complexity index is 1310. The predicted octanol–water partition coefficient (Wildman–Crippen LogP) is 1.55. The largest absolute Gasteiger partial charge is 0.463 e. The van der Waals surface area contributed by atoms with Gasteiger partial charge in [0.2, 0.25) is 11.8 Å². The second kappa shape index (κ2) is 19.3. The lowest BCUT2D eigenvalue weighted by Gasteiger charge is -2.46. The van der Waals surface area contributed by atoms with Crippen LogP contribution in [0.25, 0.3) is 0 Å². The van der Waals surface area contributed by atoms with Crippen LogP contribution in [0.3, 0.4) is 0 Å². The molecule has 1 unspecified atom stereocenters. The number of benzene rings is 1. The zero-order chi connectivity index (χ0) is 36.3. The van der Waals surface area contributed by atoms with Crippen LogP contribution in [0.1, 0.15) is 76.2 Å². The zero-order valence-electron chi connectivity index (χ0n) is 30.6. The van der Waals surface area contributed by atoms with Crippen LogP contribution in [0, 0.1) is 11.8 Å². The van der Waals surface area contributed by atoms with Crippen molar-refractivity contribution in [2.24, 2.45) is 11.8 Å². The van der Waals surface area contributed by atoms with E-state index in [2.05, 4.69) is 25.8 Å². The Labute approximate surface area is 307 Å². The molecule has 0 radical (unpaired) electrons. The Morgan fingerprint density at radius 3 is 2.40 bits per heavy atom. The van der Waals surface area contributed by atoms with E-state index in [-0.39, 0.29) is 30.9 Å². The summed E-state index contributed by atoms with van der Waals surface area (Å²) in [4.78, 5) is 59.4. The normalized spacial score (nSPS) is 32.2. The quantitative estimate of drug-likeness (QED) is 0.260. The molecule has 5 aliphatic heterocycles. The van der Waals surface area contributed by atoms with Gasteiger partial charge in [-0.05, 0) is 69.0 Å². The molecule has 7 rings (SSSR count). The van der Waals surface area contributed by atoms with Crippen LogP contribution < -0.4 is 16.0 Å². The minimum atomic E-state index is -1.59. The average molecular weight is 726 g/mol. The first kappa shape index (κ1) is 38.6. The molecule has 13 nitrogen and oxygen atoms in total. The van der Waals surface area contributed by atoms with Crippen molar-refractivity contribution in [2.45, 2.75) is 113 Å². The maximum Gasteiger partial charge on any atom is 0.337 e. The number of hydrogen-bond acceptors (Lipinski definition) is 11. The number of hydrogen-bond donors (Lipinski definition) is 4. The summed E-state index contributed by atoms with van der Waals surface area (Å²) in [5.74, 6) is -1.57. The van der Waals surface area contributed by atoms with Crippen LogP contribution in [-0.4, -0.2) is 134 Å². The average Bonchev–Trinajstić information content (AvgIpc) is 3.16. The van der Waals surface area contributed by atoms with Gasteiger partial charge in [-0.1, -0.05) is 62.4 Å². The van der Waals surface area contributed by atoms with E-state index < -0.39 is 48.2 Å². The van der Waals surface area contributed by atoms with Gasteiger partial charge in [0.25, 0.3) is 0 Å². The summed E-state index contributed by atoms with van der Waals surface area (Å²) in [7, 11) is 0. The topological polar surface area (TPSA) is 159 Å². The summed E-state index contributed by atoms with van der Waals surface area (Å²) >= 11 is 0. The number of nitrogens with one attached hydrogen (secondary N) is 3. The van der Waals surface area contributed by atoms with Gasteiger partial charge >= 0.3 is 11.9 Å². The molecule has 5 saturated heterocycles. The van der Waals surface area contributed by atoms with Crippen molar-refractivity contribution in [3.8, 4) is 0 Å². The van der Waals surface area contributed by atoms with Crippen molar-refractivity contribution in [2.75, 3.05) is 59.1 Å². The molecule has 1 aromatic carbocycles. The van der Waals surface area contributed by atoms with E-state index in [9.17, 15) is 24.3 Å². The van der Waals surface area contributed by atoms with Crippen molar-refractivity contribution in [1.82, 2.24) is 25.8 Å². The number of nitrogens with zero attached hydrogens (tertiary/aromatic N) is 2. The van der Waals surface area contributed by atoms with Crippen molar-refractivity contribution >= 4 is 23.8 Å². The van der Waals surface area contributed by atoms with E-state index in [1.165, 1.54) is 0 Å². The third-order valence-corrected chi connectivity index (χ3v) is 11.7. The highest BCUT2D eigenvalue weighted by atomic mass is 16.6. The predicted molar refractivity (Wildman–Crippen MR) is 193 cm³/mol. The maximum absolute atomic E-state index is 14.2. The number of carbonyl (C=O) groups excluding carboxylic acids is 4. The summed E-state index contributed by atoms with van der Waals surface area (Å²) in [5, 5.41) is 21.0. The number of aliphatic hydroxyl groups is 1. The first-order valence-electron chi connectivity index (χ1n) is 19.8. The van der Waals surface area contributed by atoms with E-state index in [1.54, 1.807) is 0 Å². The van der Waals surface area contributed by atoms with Crippen LogP contribution in [0.2, 0.25) is 0 Å². The summed E-state index contributed by atoms with van der Waals surface area (Å²) < 4.78 is 17.0. The van der Waals surface area contributed by atoms with Gasteiger partial charge in [0.05, 0.1) is 25.3 Å². The standard InChI is InChI=1S/C39H59N5O8/c45-35-13-7-12-30(24-44-18-20-50-21-19-44)52-39(49)36(46)31(22-27-8-3-1-4-9-27)41-38(48)34(26-51-35)42-37(47)32(23-28-10-5-2-6-11-28)40-33-25-43-16-14-29(33)15-17-43/h2,5-6,10-11,27,29-34,36,40,46H,1,3-4,7-9,12-26H2,(H,41,48)(H,42,47)/t30-,31+,32+,33?,34+,36-/m1/s1. The molecule has 13 heteroatoms. The molecule has 0 spiro atoms.